The van der Waals surface area contributed by atoms with Crippen LogP contribution in [0, 0.1) is 47.4 Å². The highest BCUT2D eigenvalue weighted by Gasteiger charge is 2.40. The molecule has 0 amide bonds. The van der Waals surface area contributed by atoms with Crippen molar-refractivity contribution in [3.05, 3.63) is 0 Å². The average molecular weight is 228 g/mol. The van der Waals surface area contributed by atoms with Gasteiger partial charge in [0, 0.05) is 12.8 Å². The maximum atomic E-state index is 9.32. The van der Waals surface area contributed by atoms with Gasteiger partial charge in [-0.3, -0.25) is 0 Å². The first-order valence-electron chi connectivity index (χ1n) is 5.59. The Morgan fingerprint density at radius 2 is 2.06 bits per heavy atom. The van der Waals surface area contributed by atoms with E-state index >= 15 is 0 Å². The van der Waals surface area contributed by atoms with Gasteiger partial charge in [0.2, 0.25) is 5.90 Å². The number of terminal acetylenes is 2. The van der Waals surface area contributed by atoms with E-state index in [9.17, 15) is 5.26 Å². The van der Waals surface area contributed by atoms with E-state index in [1.54, 1.807) is 0 Å². The van der Waals surface area contributed by atoms with Gasteiger partial charge in [0.15, 0.2) is 5.41 Å². The molecule has 0 unspecified atom stereocenters. The predicted octanol–water partition coefficient (Wildman–Crippen LogP) is 2.00. The molecule has 1 aliphatic heterocycles. The van der Waals surface area contributed by atoms with Gasteiger partial charge >= 0.3 is 0 Å². The van der Waals surface area contributed by atoms with Gasteiger partial charge < -0.3 is 4.74 Å². The molecule has 3 nitrogen and oxygen atoms in total. The summed E-state index contributed by atoms with van der Waals surface area (Å²) >= 11 is 0. The molecule has 17 heavy (non-hydrogen) atoms. The van der Waals surface area contributed by atoms with Crippen molar-refractivity contribution >= 4 is 5.90 Å². The van der Waals surface area contributed by atoms with Crippen LogP contribution in [0.25, 0.3) is 0 Å². The van der Waals surface area contributed by atoms with Crippen molar-refractivity contribution in [2.24, 2.45) is 16.3 Å². The number of ether oxygens (including phenoxy) is 1. The number of nitriles is 1. The highest BCUT2D eigenvalue weighted by molar-refractivity contribution is 5.87. The quantitative estimate of drug-likeness (QED) is 0.691. The van der Waals surface area contributed by atoms with E-state index in [1.807, 2.05) is 0 Å². The molecule has 1 heterocycles. The molecule has 3 heteroatoms. The lowest BCUT2D eigenvalue weighted by Crippen LogP contribution is -2.29. The average Bonchev–Trinajstić information content (AvgIpc) is 2.78. The van der Waals surface area contributed by atoms with E-state index in [1.165, 1.54) is 0 Å². The van der Waals surface area contributed by atoms with Crippen molar-refractivity contribution in [2.45, 2.75) is 32.7 Å². The smallest absolute Gasteiger partial charge is 0.206 e. The minimum atomic E-state index is -0.951. The lowest BCUT2D eigenvalue weighted by Gasteiger charge is -2.20. The third kappa shape index (κ3) is 2.61. The topological polar surface area (TPSA) is 45.4 Å². The fourth-order valence-electron chi connectivity index (χ4n) is 1.68. The van der Waals surface area contributed by atoms with Crippen molar-refractivity contribution < 1.29 is 4.74 Å². The van der Waals surface area contributed by atoms with Crippen LogP contribution in [-0.2, 0) is 4.74 Å². The van der Waals surface area contributed by atoms with Gasteiger partial charge in [0.25, 0.3) is 0 Å². The van der Waals surface area contributed by atoms with Crippen LogP contribution < -0.4 is 0 Å². The number of rotatable bonds is 4. The molecule has 88 valence electrons. The van der Waals surface area contributed by atoms with E-state index in [-0.39, 0.29) is 18.9 Å². The Morgan fingerprint density at radius 1 is 1.47 bits per heavy atom. The molecule has 0 aromatic rings. The summed E-state index contributed by atoms with van der Waals surface area (Å²) in [6, 6.07) is 2.27. The molecule has 0 aliphatic carbocycles. The summed E-state index contributed by atoms with van der Waals surface area (Å²) in [5.41, 5.74) is -0.951. The maximum absolute atomic E-state index is 9.32. The summed E-state index contributed by atoms with van der Waals surface area (Å²) < 4.78 is 5.52. The third-order valence-electron chi connectivity index (χ3n) is 2.87. The van der Waals surface area contributed by atoms with E-state index in [4.69, 9.17) is 17.6 Å². The van der Waals surface area contributed by atoms with Gasteiger partial charge in [0.1, 0.15) is 6.61 Å². The highest BCUT2D eigenvalue weighted by Crippen LogP contribution is 2.31. The highest BCUT2D eigenvalue weighted by atomic mass is 16.5. The summed E-state index contributed by atoms with van der Waals surface area (Å²) in [7, 11) is 0. The van der Waals surface area contributed by atoms with Crippen LogP contribution in [0.1, 0.15) is 26.7 Å². The zero-order valence-corrected chi connectivity index (χ0v) is 10.2. The first-order chi connectivity index (χ1) is 8.09. The van der Waals surface area contributed by atoms with Crippen LogP contribution in [0.3, 0.4) is 0 Å². The van der Waals surface area contributed by atoms with Crippen molar-refractivity contribution in [1.29, 1.82) is 5.26 Å². The number of hydrogen-bond acceptors (Lipinski definition) is 3. The molecule has 0 saturated carbocycles. The monoisotopic (exact) mass is 228 g/mol. The number of hydrogen-bond donors (Lipinski definition) is 0. The second-order valence-electron chi connectivity index (χ2n) is 4.51. The van der Waals surface area contributed by atoms with Gasteiger partial charge in [-0.15, -0.1) is 24.7 Å². The molecule has 0 saturated heterocycles. The van der Waals surface area contributed by atoms with Crippen LogP contribution >= 0.6 is 0 Å². The van der Waals surface area contributed by atoms with E-state index in [0.29, 0.717) is 18.4 Å². The second-order valence-corrected chi connectivity index (χ2v) is 4.51. The van der Waals surface area contributed by atoms with Crippen LogP contribution in [0.5, 0.6) is 0 Å². The second kappa shape index (κ2) is 5.42. The summed E-state index contributed by atoms with van der Waals surface area (Å²) in [4.78, 5) is 4.45. The summed E-state index contributed by atoms with van der Waals surface area (Å²) in [6.07, 6.45) is 11.1. The molecule has 0 aromatic heterocycles. The van der Waals surface area contributed by atoms with Crippen LogP contribution in [0.4, 0.5) is 0 Å². The third-order valence-corrected chi connectivity index (χ3v) is 2.87. The zero-order valence-electron chi connectivity index (χ0n) is 10.2. The minimum Gasteiger partial charge on any atom is -0.477 e. The first-order valence-corrected chi connectivity index (χ1v) is 5.59. The largest absolute Gasteiger partial charge is 0.477 e. The van der Waals surface area contributed by atoms with Gasteiger partial charge in [-0.05, 0) is 5.92 Å². The standard InChI is InChI=1S/C14H16N2O/c1-5-7-14(10-15,8-6-2)13-16-12(9-17-13)11(3)4/h1-2,11-12H,7-9H2,3-4H3/t12-/m1/s1. The van der Waals surface area contributed by atoms with Crippen molar-refractivity contribution in [3.8, 4) is 30.8 Å². The summed E-state index contributed by atoms with van der Waals surface area (Å²) in [5, 5.41) is 9.32. The Bertz CT molecular complexity index is 413. The molecule has 0 bridgehead atoms. The molecule has 1 aliphatic rings. The van der Waals surface area contributed by atoms with E-state index in [0.717, 1.165) is 0 Å². The lowest BCUT2D eigenvalue weighted by molar-refractivity contribution is 0.266. The van der Waals surface area contributed by atoms with Crippen molar-refractivity contribution in [1.82, 2.24) is 0 Å². The molecular weight excluding hydrogens is 212 g/mol. The van der Waals surface area contributed by atoms with Gasteiger partial charge in [0.05, 0.1) is 12.1 Å². The molecule has 1 atom stereocenters. The Kier molecular flexibility index (Phi) is 4.19. The van der Waals surface area contributed by atoms with Crippen molar-refractivity contribution in [2.75, 3.05) is 6.61 Å². The van der Waals surface area contributed by atoms with Gasteiger partial charge in [-0.1, -0.05) is 13.8 Å². The van der Waals surface area contributed by atoms with Gasteiger partial charge in [-0.25, -0.2) is 4.99 Å². The van der Waals surface area contributed by atoms with Crippen LogP contribution in [0.2, 0.25) is 0 Å². The normalized spacial score (nSPS) is 18.8. The Morgan fingerprint density at radius 3 is 2.41 bits per heavy atom. The SMILES string of the molecule is C#CCC(C#N)(CC#C)C1=N[C@@H](C(C)C)CO1. The fourth-order valence-corrected chi connectivity index (χ4v) is 1.68. The molecular formula is C14H16N2O. The summed E-state index contributed by atoms with van der Waals surface area (Å²) in [5.74, 6) is 5.76. The molecule has 0 fully saturated rings. The lowest BCUT2D eigenvalue weighted by atomic mass is 9.83. The Hall–Kier alpha value is -1.92. The molecule has 0 aromatic carbocycles. The fraction of sp³-hybridized carbons (Fsp3) is 0.571. The molecule has 0 N–H and O–H groups in total. The van der Waals surface area contributed by atoms with Crippen molar-refractivity contribution in [3.63, 3.8) is 0 Å². The summed E-state index contributed by atoms with van der Waals surface area (Å²) in [6.45, 7) is 4.64. The maximum Gasteiger partial charge on any atom is 0.206 e. The molecule has 1 rings (SSSR count). The number of aliphatic imine (C=N–C) groups is 1. The Balaban J connectivity index is 3.02. The van der Waals surface area contributed by atoms with E-state index in [2.05, 4.69) is 36.7 Å². The van der Waals surface area contributed by atoms with Crippen LogP contribution in [0.15, 0.2) is 4.99 Å². The zero-order chi connectivity index (χ0) is 12.9. The number of nitrogens with zero attached hydrogens (tertiary/aromatic N) is 2. The predicted molar refractivity (Wildman–Crippen MR) is 67.0 cm³/mol. The molecule has 0 spiro atoms. The first kappa shape index (κ1) is 13.1. The minimum absolute atomic E-state index is 0.0910. The Labute approximate surface area is 103 Å². The van der Waals surface area contributed by atoms with Gasteiger partial charge in [-0.2, -0.15) is 5.26 Å². The van der Waals surface area contributed by atoms with E-state index < -0.39 is 5.41 Å². The van der Waals surface area contributed by atoms with Crippen LogP contribution in [-0.4, -0.2) is 18.5 Å². The molecule has 0 radical (unpaired) electrons.